The smallest absolute Gasteiger partial charge is 0.326 e. The van der Waals surface area contributed by atoms with Gasteiger partial charge < -0.3 is 10.0 Å². The van der Waals surface area contributed by atoms with E-state index in [0.29, 0.717) is 17.9 Å². The van der Waals surface area contributed by atoms with Gasteiger partial charge in [0.05, 0.1) is 17.3 Å². The number of anilines is 1. The van der Waals surface area contributed by atoms with Crippen molar-refractivity contribution >= 4 is 27.6 Å². The second kappa shape index (κ2) is 5.62. The Morgan fingerprint density at radius 1 is 1.58 bits per heavy atom. The lowest BCUT2D eigenvalue weighted by Gasteiger charge is -2.38. The Balaban J connectivity index is 2.34. The number of nitrogens with zero attached hydrogens (tertiary/aromatic N) is 2. The SMILES string of the molecule is CC1CCN(c2ccc(C#N)cc2Br)C(C(=O)O)C1. The van der Waals surface area contributed by atoms with Gasteiger partial charge in [0.1, 0.15) is 6.04 Å². The molecule has 19 heavy (non-hydrogen) atoms. The lowest BCUT2D eigenvalue weighted by molar-refractivity contribution is -0.139. The Kier molecular flexibility index (Phi) is 4.11. The molecule has 100 valence electrons. The van der Waals surface area contributed by atoms with E-state index < -0.39 is 12.0 Å². The van der Waals surface area contributed by atoms with E-state index in [1.807, 2.05) is 11.0 Å². The number of halogens is 1. The summed E-state index contributed by atoms with van der Waals surface area (Å²) < 4.78 is 0.771. The topological polar surface area (TPSA) is 64.3 Å². The molecule has 2 atom stereocenters. The van der Waals surface area contributed by atoms with Crippen LogP contribution in [0.25, 0.3) is 0 Å². The molecule has 2 rings (SSSR count). The van der Waals surface area contributed by atoms with Crippen LogP contribution in [-0.4, -0.2) is 23.7 Å². The van der Waals surface area contributed by atoms with Crippen LogP contribution in [0.15, 0.2) is 22.7 Å². The molecule has 5 heteroatoms. The molecule has 1 saturated heterocycles. The van der Waals surface area contributed by atoms with Crippen LogP contribution in [0.3, 0.4) is 0 Å². The average molecular weight is 323 g/mol. The molecule has 1 aliphatic heterocycles. The van der Waals surface area contributed by atoms with Gasteiger partial charge in [-0.3, -0.25) is 0 Å². The lowest BCUT2D eigenvalue weighted by Crippen LogP contribution is -2.47. The molecular weight excluding hydrogens is 308 g/mol. The van der Waals surface area contributed by atoms with Crippen molar-refractivity contribution in [1.29, 1.82) is 5.26 Å². The largest absolute Gasteiger partial charge is 0.480 e. The van der Waals surface area contributed by atoms with E-state index in [2.05, 4.69) is 28.9 Å². The zero-order valence-corrected chi connectivity index (χ0v) is 12.2. The molecule has 1 aromatic rings. The Bertz CT molecular complexity index is 539. The van der Waals surface area contributed by atoms with E-state index in [1.165, 1.54) is 0 Å². The third-order valence-corrected chi connectivity index (χ3v) is 4.17. The van der Waals surface area contributed by atoms with Crippen LogP contribution in [-0.2, 0) is 4.79 Å². The maximum atomic E-state index is 11.4. The van der Waals surface area contributed by atoms with Crippen molar-refractivity contribution in [2.45, 2.75) is 25.8 Å². The maximum absolute atomic E-state index is 11.4. The molecule has 0 aromatic heterocycles. The molecule has 1 aliphatic rings. The summed E-state index contributed by atoms with van der Waals surface area (Å²) in [5.41, 5.74) is 1.41. The number of carboxylic acids is 1. The number of hydrogen-bond acceptors (Lipinski definition) is 3. The van der Waals surface area contributed by atoms with Gasteiger partial charge in [-0.25, -0.2) is 4.79 Å². The molecule has 1 aromatic carbocycles. The predicted octanol–water partition coefficient (Wildman–Crippen LogP) is 3.01. The summed E-state index contributed by atoms with van der Waals surface area (Å²) in [7, 11) is 0. The summed E-state index contributed by atoms with van der Waals surface area (Å²) in [5.74, 6) is -0.364. The summed E-state index contributed by atoms with van der Waals surface area (Å²) in [4.78, 5) is 13.3. The van der Waals surface area contributed by atoms with Crippen molar-refractivity contribution < 1.29 is 9.90 Å². The highest BCUT2D eigenvalue weighted by atomic mass is 79.9. The van der Waals surface area contributed by atoms with Gasteiger partial charge in [0.2, 0.25) is 0 Å². The van der Waals surface area contributed by atoms with Crippen molar-refractivity contribution in [2.24, 2.45) is 5.92 Å². The third-order valence-electron chi connectivity index (χ3n) is 3.54. The van der Waals surface area contributed by atoms with Crippen LogP contribution in [0, 0.1) is 17.2 Å². The van der Waals surface area contributed by atoms with Gasteiger partial charge in [0.25, 0.3) is 0 Å². The van der Waals surface area contributed by atoms with E-state index in [4.69, 9.17) is 5.26 Å². The number of aliphatic carboxylic acids is 1. The van der Waals surface area contributed by atoms with Crippen molar-refractivity contribution in [1.82, 2.24) is 0 Å². The quantitative estimate of drug-likeness (QED) is 0.909. The lowest BCUT2D eigenvalue weighted by atomic mass is 9.92. The van der Waals surface area contributed by atoms with E-state index >= 15 is 0 Å². The Morgan fingerprint density at radius 3 is 2.89 bits per heavy atom. The van der Waals surface area contributed by atoms with Gasteiger partial charge in [0, 0.05) is 11.0 Å². The van der Waals surface area contributed by atoms with Crippen LogP contribution in [0.2, 0.25) is 0 Å². The highest BCUT2D eigenvalue weighted by Crippen LogP contribution is 2.33. The minimum Gasteiger partial charge on any atom is -0.480 e. The van der Waals surface area contributed by atoms with Gasteiger partial charge in [-0.15, -0.1) is 0 Å². The fourth-order valence-corrected chi connectivity index (χ4v) is 3.08. The summed E-state index contributed by atoms with van der Waals surface area (Å²) in [6.07, 6.45) is 1.64. The molecule has 0 radical (unpaired) electrons. The standard InChI is InChI=1S/C14H15BrN2O2/c1-9-4-5-17(13(6-9)14(18)19)12-3-2-10(8-16)7-11(12)15/h2-3,7,9,13H,4-6H2,1H3,(H,18,19). The summed E-state index contributed by atoms with van der Waals surface area (Å²) in [5, 5.41) is 18.2. The number of carboxylic acid groups (broad SMARTS) is 1. The van der Waals surface area contributed by atoms with Gasteiger partial charge in [-0.1, -0.05) is 6.92 Å². The first-order chi connectivity index (χ1) is 9.02. The first kappa shape index (κ1) is 13.9. The number of hydrogen-bond donors (Lipinski definition) is 1. The zero-order valence-electron chi connectivity index (χ0n) is 10.6. The second-order valence-electron chi connectivity index (χ2n) is 4.95. The van der Waals surface area contributed by atoms with Crippen molar-refractivity contribution in [3.8, 4) is 6.07 Å². The number of carbonyl (C=O) groups is 1. The first-order valence-corrected chi connectivity index (χ1v) is 7.01. The molecule has 4 nitrogen and oxygen atoms in total. The monoisotopic (exact) mass is 322 g/mol. The molecule has 0 spiro atoms. The van der Waals surface area contributed by atoms with E-state index in [0.717, 1.165) is 23.1 Å². The van der Waals surface area contributed by atoms with Crippen LogP contribution in [0.1, 0.15) is 25.3 Å². The number of nitriles is 1. The van der Waals surface area contributed by atoms with Crippen LogP contribution < -0.4 is 4.90 Å². The summed E-state index contributed by atoms with van der Waals surface area (Å²) >= 11 is 3.43. The molecular formula is C14H15BrN2O2. The Labute approximate surface area is 120 Å². The van der Waals surface area contributed by atoms with Crippen LogP contribution in [0.5, 0.6) is 0 Å². The normalized spacial score (nSPS) is 22.9. The molecule has 1 heterocycles. The molecule has 0 bridgehead atoms. The van der Waals surface area contributed by atoms with Gasteiger partial charge in [0.15, 0.2) is 0 Å². The number of benzene rings is 1. The molecule has 0 amide bonds. The minimum atomic E-state index is -0.789. The second-order valence-corrected chi connectivity index (χ2v) is 5.81. The van der Waals surface area contributed by atoms with E-state index in [-0.39, 0.29) is 0 Å². The minimum absolute atomic E-state index is 0.425. The molecule has 0 aliphatic carbocycles. The predicted molar refractivity (Wildman–Crippen MR) is 76.0 cm³/mol. The molecule has 1 fully saturated rings. The molecule has 0 saturated carbocycles. The van der Waals surface area contributed by atoms with Crippen molar-refractivity contribution in [2.75, 3.05) is 11.4 Å². The van der Waals surface area contributed by atoms with E-state index in [1.54, 1.807) is 12.1 Å². The zero-order chi connectivity index (χ0) is 14.0. The number of rotatable bonds is 2. The van der Waals surface area contributed by atoms with Crippen LogP contribution in [0.4, 0.5) is 5.69 Å². The molecule has 2 unspecified atom stereocenters. The third kappa shape index (κ3) is 2.90. The summed E-state index contributed by atoms with van der Waals surface area (Å²) in [6.45, 7) is 2.81. The van der Waals surface area contributed by atoms with Crippen LogP contribution >= 0.6 is 15.9 Å². The van der Waals surface area contributed by atoms with Crippen molar-refractivity contribution in [3.63, 3.8) is 0 Å². The van der Waals surface area contributed by atoms with Gasteiger partial charge in [-0.05, 0) is 52.9 Å². The maximum Gasteiger partial charge on any atom is 0.326 e. The number of piperidine rings is 1. The highest BCUT2D eigenvalue weighted by Gasteiger charge is 2.32. The van der Waals surface area contributed by atoms with E-state index in [9.17, 15) is 9.90 Å². The van der Waals surface area contributed by atoms with Crippen molar-refractivity contribution in [3.05, 3.63) is 28.2 Å². The van der Waals surface area contributed by atoms with Gasteiger partial charge in [-0.2, -0.15) is 5.26 Å². The van der Waals surface area contributed by atoms with Gasteiger partial charge >= 0.3 is 5.97 Å². The average Bonchev–Trinajstić information content (AvgIpc) is 2.39. The Morgan fingerprint density at radius 2 is 2.32 bits per heavy atom. The first-order valence-electron chi connectivity index (χ1n) is 6.22. The fourth-order valence-electron chi connectivity index (χ4n) is 2.47. The highest BCUT2D eigenvalue weighted by molar-refractivity contribution is 9.10. The fraction of sp³-hybridized carbons (Fsp3) is 0.429. The molecule has 1 N–H and O–H groups in total. The summed E-state index contributed by atoms with van der Waals surface area (Å²) in [6, 6.07) is 6.84. The Hall–Kier alpha value is -1.54.